The fraction of sp³-hybridized carbons (Fsp3) is 0.500. The van der Waals surface area contributed by atoms with Gasteiger partial charge >= 0.3 is 0 Å². The molecular weight excluding hydrogens is 309 g/mol. The lowest BCUT2D eigenvalue weighted by Gasteiger charge is -2.15. The van der Waals surface area contributed by atoms with E-state index in [-0.39, 0.29) is 6.29 Å². The minimum Gasteiger partial charge on any atom is -0.472 e. The zero-order valence-electron chi connectivity index (χ0n) is 8.99. The van der Waals surface area contributed by atoms with Gasteiger partial charge in [0.25, 0.3) is 0 Å². The maximum atomic E-state index is 5.50. The van der Waals surface area contributed by atoms with Crippen molar-refractivity contribution < 1.29 is 14.2 Å². The third kappa shape index (κ3) is 3.58. The minimum atomic E-state index is -0.357. The number of hydrogen-bond donors (Lipinski definition) is 0. The highest BCUT2D eigenvalue weighted by atomic mass is 127. The Bertz CT molecular complexity index is 316. The molecule has 0 fully saturated rings. The molecule has 0 bridgehead atoms. The van der Waals surface area contributed by atoms with Gasteiger partial charge in [-0.3, -0.25) is 0 Å². The van der Waals surface area contributed by atoms with E-state index in [2.05, 4.69) is 27.6 Å². The Balaban J connectivity index is 2.61. The maximum Gasteiger partial charge on any atom is 0.217 e. The SMILES string of the molecule is COC(COc1nccc(I)c1C)OC. The van der Waals surface area contributed by atoms with Crippen LogP contribution in [0.3, 0.4) is 0 Å². The molecule has 0 aromatic carbocycles. The van der Waals surface area contributed by atoms with Gasteiger partial charge < -0.3 is 14.2 Å². The molecule has 0 radical (unpaired) electrons. The molecule has 0 spiro atoms. The largest absolute Gasteiger partial charge is 0.472 e. The zero-order valence-corrected chi connectivity index (χ0v) is 11.1. The van der Waals surface area contributed by atoms with Gasteiger partial charge in [-0.1, -0.05) is 0 Å². The van der Waals surface area contributed by atoms with E-state index in [0.717, 1.165) is 9.13 Å². The average Bonchev–Trinajstić information content (AvgIpc) is 2.25. The van der Waals surface area contributed by atoms with Crippen molar-refractivity contribution in [1.82, 2.24) is 4.98 Å². The Morgan fingerprint density at radius 3 is 2.67 bits per heavy atom. The van der Waals surface area contributed by atoms with Gasteiger partial charge in [-0.05, 0) is 35.6 Å². The summed E-state index contributed by atoms with van der Waals surface area (Å²) < 4.78 is 16.7. The lowest BCUT2D eigenvalue weighted by atomic mass is 10.3. The normalized spacial score (nSPS) is 10.7. The highest BCUT2D eigenvalue weighted by Crippen LogP contribution is 2.19. The van der Waals surface area contributed by atoms with Crippen LogP contribution in [-0.4, -0.2) is 32.1 Å². The monoisotopic (exact) mass is 323 g/mol. The molecule has 0 aliphatic heterocycles. The molecule has 4 nitrogen and oxygen atoms in total. The number of ether oxygens (including phenoxy) is 3. The summed E-state index contributed by atoms with van der Waals surface area (Å²) in [6, 6.07) is 1.94. The number of hydrogen-bond acceptors (Lipinski definition) is 4. The summed E-state index contributed by atoms with van der Waals surface area (Å²) in [5, 5.41) is 0. The van der Waals surface area contributed by atoms with E-state index in [1.165, 1.54) is 0 Å². The van der Waals surface area contributed by atoms with E-state index in [9.17, 15) is 0 Å². The van der Waals surface area contributed by atoms with Crippen LogP contribution < -0.4 is 4.74 Å². The Labute approximate surface area is 103 Å². The molecule has 1 aromatic rings. The van der Waals surface area contributed by atoms with Gasteiger partial charge in [-0.2, -0.15) is 0 Å². The van der Waals surface area contributed by atoms with Crippen molar-refractivity contribution >= 4 is 22.6 Å². The molecule has 84 valence electrons. The van der Waals surface area contributed by atoms with Crippen LogP contribution in [0.4, 0.5) is 0 Å². The molecule has 1 heterocycles. The van der Waals surface area contributed by atoms with Crippen molar-refractivity contribution in [3.63, 3.8) is 0 Å². The summed E-state index contributed by atoms with van der Waals surface area (Å²) in [6.07, 6.45) is 1.36. The van der Waals surface area contributed by atoms with Gasteiger partial charge in [0, 0.05) is 29.6 Å². The first kappa shape index (κ1) is 12.7. The van der Waals surface area contributed by atoms with E-state index >= 15 is 0 Å². The first-order valence-electron chi connectivity index (χ1n) is 4.48. The Morgan fingerprint density at radius 2 is 2.07 bits per heavy atom. The molecular formula is C10H14INO3. The molecule has 0 amide bonds. The molecule has 0 unspecified atom stereocenters. The first-order valence-corrected chi connectivity index (χ1v) is 5.56. The summed E-state index contributed by atoms with van der Waals surface area (Å²) in [5.41, 5.74) is 1.03. The Kier molecular flexibility index (Phi) is 5.27. The average molecular weight is 323 g/mol. The first-order chi connectivity index (χ1) is 7.19. The molecule has 0 saturated heterocycles. The molecule has 1 rings (SSSR count). The fourth-order valence-corrected chi connectivity index (χ4v) is 1.41. The number of methoxy groups -OCH3 is 2. The summed E-state index contributed by atoms with van der Waals surface area (Å²) >= 11 is 2.24. The van der Waals surface area contributed by atoms with E-state index in [1.54, 1.807) is 20.4 Å². The number of halogens is 1. The highest BCUT2D eigenvalue weighted by Gasteiger charge is 2.09. The fourth-order valence-electron chi connectivity index (χ4n) is 1.02. The van der Waals surface area contributed by atoms with Crippen LogP contribution in [0.25, 0.3) is 0 Å². The van der Waals surface area contributed by atoms with Crippen LogP contribution in [0.1, 0.15) is 5.56 Å². The van der Waals surface area contributed by atoms with Gasteiger partial charge in [-0.15, -0.1) is 0 Å². The highest BCUT2D eigenvalue weighted by molar-refractivity contribution is 14.1. The molecule has 0 aliphatic rings. The topological polar surface area (TPSA) is 40.6 Å². The predicted molar refractivity (Wildman–Crippen MR) is 65.0 cm³/mol. The van der Waals surface area contributed by atoms with Crippen LogP contribution in [-0.2, 0) is 9.47 Å². The van der Waals surface area contributed by atoms with Crippen molar-refractivity contribution in [3.05, 3.63) is 21.4 Å². The molecule has 1 aromatic heterocycles. The second-order valence-electron chi connectivity index (χ2n) is 2.93. The van der Waals surface area contributed by atoms with Crippen molar-refractivity contribution in [3.8, 4) is 5.88 Å². The Hall–Kier alpha value is -0.400. The van der Waals surface area contributed by atoms with E-state index in [1.807, 2.05) is 13.0 Å². The predicted octanol–water partition coefficient (Wildman–Crippen LogP) is 1.99. The molecule has 5 heteroatoms. The second kappa shape index (κ2) is 6.24. The van der Waals surface area contributed by atoms with Crippen molar-refractivity contribution in [1.29, 1.82) is 0 Å². The third-order valence-electron chi connectivity index (χ3n) is 1.97. The van der Waals surface area contributed by atoms with Crippen LogP contribution in [0.2, 0.25) is 0 Å². The van der Waals surface area contributed by atoms with E-state index in [4.69, 9.17) is 14.2 Å². The van der Waals surface area contributed by atoms with Crippen molar-refractivity contribution in [2.75, 3.05) is 20.8 Å². The Morgan fingerprint density at radius 1 is 1.40 bits per heavy atom. The number of nitrogens with zero attached hydrogens (tertiary/aromatic N) is 1. The lowest BCUT2D eigenvalue weighted by molar-refractivity contribution is -0.122. The van der Waals surface area contributed by atoms with Crippen LogP contribution in [0, 0.1) is 10.5 Å². The molecule has 0 atom stereocenters. The zero-order chi connectivity index (χ0) is 11.3. The third-order valence-corrected chi connectivity index (χ3v) is 3.14. The van der Waals surface area contributed by atoms with Crippen molar-refractivity contribution in [2.45, 2.75) is 13.2 Å². The standard InChI is InChI=1S/C10H14INO3/c1-7-8(11)4-5-12-10(7)15-6-9(13-2)14-3/h4-5,9H,6H2,1-3H3. The number of aromatic nitrogens is 1. The van der Waals surface area contributed by atoms with Gasteiger partial charge in [0.15, 0.2) is 6.29 Å². The quantitative estimate of drug-likeness (QED) is 0.614. The molecule has 0 saturated carbocycles. The van der Waals surface area contributed by atoms with Gasteiger partial charge in [0.05, 0.1) is 0 Å². The second-order valence-corrected chi connectivity index (χ2v) is 4.10. The summed E-state index contributed by atoms with van der Waals surface area (Å²) in [7, 11) is 3.15. The summed E-state index contributed by atoms with van der Waals surface area (Å²) in [6.45, 7) is 2.31. The minimum absolute atomic E-state index is 0.334. The van der Waals surface area contributed by atoms with Crippen LogP contribution in [0.5, 0.6) is 5.88 Å². The van der Waals surface area contributed by atoms with Crippen LogP contribution >= 0.6 is 22.6 Å². The number of rotatable bonds is 5. The van der Waals surface area contributed by atoms with Gasteiger partial charge in [0.2, 0.25) is 5.88 Å². The van der Waals surface area contributed by atoms with E-state index in [0.29, 0.717) is 12.5 Å². The lowest BCUT2D eigenvalue weighted by Crippen LogP contribution is -2.22. The smallest absolute Gasteiger partial charge is 0.217 e. The van der Waals surface area contributed by atoms with E-state index < -0.39 is 0 Å². The summed E-state index contributed by atoms with van der Waals surface area (Å²) in [4.78, 5) is 4.14. The van der Waals surface area contributed by atoms with Crippen LogP contribution in [0.15, 0.2) is 12.3 Å². The number of pyridine rings is 1. The van der Waals surface area contributed by atoms with Gasteiger partial charge in [-0.25, -0.2) is 4.98 Å². The molecule has 0 N–H and O–H groups in total. The summed E-state index contributed by atoms with van der Waals surface area (Å²) in [5.74, 6) is 0.626. The maximum absolute atomic E-state index is 5.50. The molecule has 15 heavy (non-hydrogen) atoms. The van der Waals surface area contributed by atoms with Crippen molar-refractivity contribution in [2.24, 2.45) is 0 Å². The molecule has 0 aliphatic carbocycles. The van der Waals surface area contributed by atoms with Gasteiger partial charge in [0.1, 0.15) is 6.61 Å².